The van der Waals surface area contributed by atoms with Crippen molar-refractivity contribution in [2.75, 3.05) is 5.32 Å². The van der Waals surface area contributed by atoms with Crippen molar-refractivity contribution < 1.29 is 9.32 Å². The third-order valence-corrected chi connectivity index (χ3v) is 5.64. The summed E-state index contributed by atoms with van der Waals surface area (Å²) in [6.07, 6.45) is 1.95. The van der Waals surface area contributed by atoms with Gasteiger partial charge in [-0.15, -0.1) is 11.3 Å². The van der Waals surface area contributed by atoms with Gasteiger partial charge in [-0.3, -0.25) is 10.1 Å². The summed E-state index contributed by atoms with van der Waals surface area (Å²) in [6.45, 7) is 0. The molecule has 2 aromatic carbocycles. The van der Waals surface area contributed by atoms with Gasteiger partial charge in [0.2, 0.25) is 0 Å². The Balaban J connectivity index is 1.39. The van der Waals surface area contributed by atoms with Crippen molar-refractivity contribution in [3.05, 3.63) is 76.8 Å². The van der Waals surface area contributed by atoms with Gasteiger partial charge in [-0.25, -0.2) is 4.98 Å². The molecule has 1 aliphatic carbocycles. The fourth-order valence-electron chi connectivity index (χ4n) is 3.28. The van der Waals surface area contributed by atoms with Crippen molar-refractivity contribution in [3.8, 4) is 22.6 Å². The summed E-state index contributed by atoms with van der Waals surface area (Å²) in [5.74, 6) is 0.244. The van der Waals surface area contributed by atoms with Crippen LogP contribution in [0.15, 0.2) is 65.2 Å². The molecule has 2 aromatic heterocycles. The van der Waals surface area contributed by atoms with Crippen molar-refractivity contribution in [3.63, 3.8) is 0 Å². The molecule has 6 heteroatoms. The molecule has 4 aromatic rings. The summed E-state index contributed by atoms with van der Waals surface area (Å²) in [6, 6.07) is 19.5. The standard InChI is InChI=1S/C21H15N3O2S/c25-20(16-12-17(26-24-16)14-7-2-1-3-8-14)23-21-22-19-15-9-5-4-6-13(15)10-11-18(19)27-21/h1-9,12H,10-11H2,(H,22,23,25). The van der Waals surface area contributed by atoms with Crippen LogP contribution >= 0.6 is 11.3 Å². The normalized spacial score (nSPS) is 12.3. The number of amides is 1. The second-order valence-corrected chi connectivity index (χ2v) is 7.43. The molecule has 0 unspecified atom stereocenters. The maximum atomic E-state index is 12.6. The minimum Gasteiger partial charge on any atom is -0.355 e. The highest BCUT2D eigenvalue weighted by atomic mass is 32.1. The van der Waals surface area contributed by atoms with Gasteiger partial charge >= 0.3 is 0 Å². The molecule has 1 N–H and O–H groups in total. The zero-order valence-corrected chi connectivity index (χ0v) is 15.1. The van der Waals surface area contributed by atoms with Crippen LogP contribution < -0.4 is 5.32 Å². The first kappa shape index (κ1) is 16.0. The predicted molar refractivity (Wildman–Crippen MR) is 105 cm³/mol. The van der Waals surface area contributed by atoms with Gasteiger partial charge in [0.15, 0.2) is 16.6 Å². The van der Waals surface area contributed by atoms with Crippen molar-refractivity contribution >= 4 is 22.4 Å². The maximum Gasteiger partial charge on any atom is 0.279 e. The third-order valence-electron chi connectivity index (χ3n) is 4.61. The van der Waals surface area contributed by atoms with Crippen molar-refractivity contribution in [1.29, 1.82) is 0 Å². The molecule has 1 aliphatic rings. The first-order chi connectivity index (χ1) is 13.3. The molecule has 27 heavy (non-hydrogen) atoms. The van der Waals surface area contributed by atoms with Crippen LogP contribution in [0.4, 0.5) is 5.13 Å². The van der Waals surface area contributed by atoms with E-state index in [1.54, 1.807) is 6.07 Å². The number of fused-ring (bicyclic) bond motifs is 3. The largest absolute Gasteiger partial charge is 0.355 e. The van der Waals surface area contributed by atoms with E-state index in [1.165, 1.54) is 21.8 Å². The average Bonchev–Trinajstić information content (AvgIpc) is 3.36. The second kappa shape index (κ2) is 6.48. The molecular weight excluding hydrogens is 358 g/mol. The zero-order chi connectivity index (χ0) is 18.2. The Kier molecular flexibility index (Phi) is 3.83. The first-order valence-electron chi connectivity index (χ1n) is 8.69. The van der Waals surface area contributed by atoms with E-state index in [0.29, 0.717) is 10.9 Å². The third kappa shape index (κ3) is 2.94. The number of rotatable bonds is 3. The number of benzene rings is 2. The highest BCUT2D eigenvalue weighted by molar-refractivity contribution is 7.16. The zero-order valence-electron chi connectivity index (χ0n) is 14.3. The van der Waals surface area contributed by atoms with Crippen LogP contribution in [-0.4, -0.2) is 16.0 Å². The Bertz CT molecular complexity index is 1130. The maximum absolute atomic E-state index is 12.6. The van der Waals surface area contributed by atoms with Crippen LogP contribution in [0.1, 0.15) is 20.9 Å². The number of hydrogen-bond acceptors (Lipinski definition) is 5. The highest BCUT2D eigenvalue weighted by Crippen LogP contribution is 2.38. The summed E-state index contributed by atoms with van der Waals surface area (Å²) in [5, 5.41) is 7.34. The molecule has 2 heterocycles. The summed E-state index contributed by atoms with van der Waals surface area (Å²) in [5.41, 5.74) is 4.55. The molecule has 0 radical (unpaired) electrons. The highest BCUT2D eigenvalue weighted by Gasteiger charge is 2.22. The van der Waals surface area contributed by atoms with Gasteiger partial charge < -0.3 is 4.52 Å². The first-order valence-corrected chi connectivity index (χ1v) is 9.51. The average molecular weight is 373 g/mol. The molecule has 0 fully saturated rings. The van der Waals surface area contributed by atoms with E-state index in [2.05, 4.69) is 27.6 Å². The van der Waals surface area contributed by atoms with E-state index in [1.807, 2.05) is 42.5 Å². The van der Waals surface area contributed by atoms with Crippen LogP contribution in [0.25, 0.3) is 22.6 Å². The Morgan fingerprint density at radius 1 is 1.04 bits per heavy atom. The van der Waals surface area contributed by atoms with E-state index >= 15 is 0 Å². The number of anilines is 1. The number of carbonyl (C=O) groups is 1. The van der Waals surface area contributed by atoms with Gasteiger partial charge in [0.05, 0.1) is 5.69 Å². The molecule has 5 nitrogen and oxygen atoms in total. The summed E-state index contributed by atoms with van der Waals surface area (Å²) < 4.78 is 5.31. The molecule has 1 amide bonds. The van der Waals surface area contributed by atoms with Gasteiger partial charge in [-0.1, -0.05) is 59.8 Å². The van der Waals surface area contributed by atoms with Crippen LogP contribution in [0.2, 0.25) is 0 Å². The quantitative estimate of drug-likeness (QED) is 0.559. The van der Waals surface area contributed by atoms with Gasteiger partial charge in [0.1, 0.15) is 0 Å². The summed E-state index contributed by atoms with van der Waals surface area (Å²) >= 11 is 1.52. The topological polar surface area (TPSA) is 68.0 Å². The lowest BCUT2D eigenvalue weighted by Crippen LogP contribution is -2.11. The Labute approximate surface area is 159 Å². The lowest BCUT2D eigenvalue weighted by Gasteiger charge is -2.13. The van der Waals surface area contributed by atoms with Crippen molar-refractivity contribution in [1.82, 2.24) is 10.1 Å². The van der Waals surface area contributed by atoms with Gasteiger partial charge in [-0.2, -0.15) is 0 Å². The monoisotopic (exact) mass is 373 g/mol. The molecule has 0 atom stereocenters. The number of aryl methyl sites for hydroxylation is 2. The molecule has 132 valence electrons. The molecular formula is C21H15N3O2S. The lowest BCUT2D eigenvalue weighted by atomic mass is 9.94. The van der Waals surface area contributed by atoms with Gasteiger partial charge in [-0.05, 0) is 18.4 Å². The van der Waals surface area contributed by atoms with E-state index in [4.69, 9.17) is 4.52 Å². The lowest BCUT2D eigenvalue weighted by molar-refractivity contribution is 0.101. The summed E-state index contributed by atoms with van der Waals surface area (Å²) in [4.78, 5) is 18.4. The van der Waals surface area contributed by atoms with Gasteiger partial charge in [0, 0.05) is 22.1 Å². The van der Waals surface area contributed by atoms with E-state index < -0.39 is 0 Å². The minimum absolute atomic E-state index is 0.238. The van der Waals surface area contributed by atoms with Crippen LogP contribution in [0, 0.1) is 0 Å². The number of thiazole rings is 1. The van der Waals surface area contributed by atoms with Gasteiger partial charge in [0.25, 0.3) is 5.91 Å². The minimum atomic E-state index is -0.319. The number of nitrogens with one attached hydrogen (secondary N) is 1. The molecule has 0 saturated heterocycles. The number of nitrogens with zero attached hydrogens (tertiary/aromatic N) is 2. The smallest absolute Gasteiger partial charge is 0.279 e. The number of carbonyl (C=O) groups excluding carboxylic acids is 1. The molecule has 5 rings (SSSR count). The van der Waals surface area contributed by atoms with Crippen LogP contribution in [0.5, 0.6) is 0 Å². The Morgan fingerprint density at radius 3 is 2.74 bits per heavy atom. The molecule has 0 bridgehead atoms. The summed E-state index contributed by atoms with van der Waals surface area (Å²) in [7, 11) is 0. The van der Waals surface area contributed by atoms with E-state index in [-0.39, 0.29) is 11.6 Å². The van der Waals surface area contributed by atoms with E-state index in [9.17, 15) is 4.79 Å². The van der Waals surface area contributed by atoms with Crippen molar-refractivity contribution in [2.24, 2.45) is 0 Å². The fraction of sp³-hybridized carbons (Fsp3) is 0.0952. The van der Waals surface area contributed by atoms with Crippen molar-refractivity contribution in [2.45, 2.75) is 12.8 Å². The van der Waals surface area contributed by atoms with Crippen LogP contribution in [0.3, 0.4) is 0 Å². The number of aromatic nitrogens is 2. The van der Waals surface area contributed by atoms with Crippen LogP contribution in [-0.2, 0) is 12.8 Å². The second-order valence-electron chi connectivity index (χ2n) is 6.34. The Morgan fingerprint density at radius 2 is 1.85 bits per heavy atom. The molecule has 0 spiro atoms. The predicted octanol–water partition coefficient (Wildman–Crippen LogP) is 4.82. The molecule has 0 saturated carbocycles. The van der Waals surface area contributed by atoms with E-state index in [0.717, 1.165) is 29.7 Å². The SMILES string of the molecule is O=C(Nc1nc2c(s1)CCc1ccccc1-2)c1cc(-c2ccccc2)on1. The fourth-order valence-corrected chi connectivity index (χ4v) is 4.25. The molecule has 0 aliphatic heterocycles. The Hall–Kier alpha value is -3.25. The number of hydrogen-bond donors (Lipinski definition) is 1.